The smallest absolute Gasteiger partial charge is 0.159 e. The number of aromatic nitrogens is 4. The van der Waals surface area contributed by atoms with E-state index in [4.69, 9.17) is 9.47 Å². The highest BCUT2D eigenvalue weighted by Gasteiger charge is 2.30. The lowest BCUT2D eigenvalue weighted by molar-refractivity contribution is -0.0712. The number of aliphatic imine (C=N–C) groups is 1. The van der Waals surface area contributed by atoms with Crippen molar-refractivity contribution in [3.8, 4) is 5.82 Å². The van der Waals surface area contributed by atoms with Gasteiger partial charge in [0.2, 0.25) is 0 Å². The van der Waals surface area contributed by atoms with Crippen molar-refractivity contribution in [2.75, 3.05) is 46.1 Å². The van der Waals surface area contributed by atoms with Crippen LogP contribution < -0.4 is 0 Å². The highest BCUT2D eigenvalue weighted by Crippen LogP contribution is 2.34. The maximum Gasteiger partial charge on any atom is 0.159 e. The van der Waals surface area contributed by atoms with Crippen molar-refractivity contribution in [1.82, 2.24) is 24.6 Å². The molecule has 2 fully saturated rings. The molecule has 0 aliphatic carbocycles. The van der Waals surface area contributed by atoms with Crippen molar-refractivity contribution in [3.63, 3.8) is 0 Å². The summed E-state index contributed by atoms with van der Waals surface area (Å²) in [5.41, 5.74) is 3.79. The molecule has 2 aliphatic rings. The summed E-state index contributed by atoms with van der Waals surface area (Å²) in [6, 6.07) is 7.03. The molecule has 2 aromatic heterocycles. The number of likely N-dealkylation sites (tertiary alicyclic amines) is 1. The molecule has 1 N–H and O–H groups in total. The topological polar surface area (TPSA) is 97.9 Å². The largest absolute Gasteiger partial charge is 0.396 e. The lowest BCUT2D eigenvalue weighted by atomic mass is 9.85. The van der Waals surface area contributed by atoms with Crippen LogP contribution in [-0.4, -0.2) is 88.1 Å². The fraction of sp³-hybridized carbons (Fsp3) is 0.571. The summed E-state index contributed by atoms with van der Waals surface area (Å²) in [4.78, 5) is 16.2. The lowest BCUT2D eigenvalue weighted by Crippen LogP contribution is -2.51. The number of hydrogen-bond acceptors (Lipinski definition) is 8. The molecule has 3 aromatic rings. The third-order valence-electron chi connectivity index (χ3n) is 7.70. The SMILES string of the molecule is CCC(CO)COC/C=N/c1cc(-n2ncc3cc(C)c(C4CCN(C5COC5)CC4)cc32)nc(C)n1. The third-order valence-corrected chi connectivity index (χ3v) is 7.70. The van der Waals surface area contributed by atoms with Gasteiger partial charge in [-0.3, -0.25) is 4.90 Å². The molecular weight excluding hydrogens is 468 g/mol. The molecule has 0 saturated carbocycles. The van der Waals surface area contributed by atoms with Crippen LogP contribution in [0.5, 0.6) is 0 Å². The van der Waals surface area contributed by atoms with Gasteiger partial charge in [-0.25, -0.2) is 19.6 Å². The molecule has 2 saturated heterocycles. The van der Waals surface area contributed by atoms with Gasteiger partial charge in [-0.2, -0.15) is 5.10 Å². The summed E-state index contributed by atoms with van der Waals surface area (Å²) in [6.45, 7) is 11.2. The fourth-order valence-corrected chi connectivity index (χ4v) is 5.27. The van der Waals surface area contributed by atoms with Crippen LogP contribution in [0, 0.1) is 19.8 Å². The van der Waals surface area contributed by atoms with Gasteiger partial charge in [0.15, 0.2) is 11.6 Å². The number of aryl methyl sites for hydroxylation is 2. The zero-order chi connectivity index (χ0) is 25.8. The van der Waals surface area contributed by atoms with Crippen LogP contribution >= 0.6 is 0 Å². The van der Waals surface area contributed by atoms with Crippen molar-refractivity contribution in [2.24, 2.45) is 10.9 Å². The van der Waals surface area contributed by atoms with E-state index in [0.29, 0.717) is 42.6 Å². The van der Waals surface area contributed by atoms with Crippen LogP contribution in [0.4, 0.5) is 5.82 Å². The Morgan fingerprint density at radius 1 is 1.19 bits per heavy atom. The summed E-state index contributed by atoms with van der Waals surface area (Å²) in [5.74, 6) is 2.63. The number of aliphatic hydroxyl groups is 1. The van der Waals surface area contributed by atoms with Crippen LogP contribution in [0.15, 0.2) is 29.4 Å². The second-order valence-corrected chi connectivity index (χ2v) is 10.3. The van der Waals surface area contributed by atoms with Crippen molar-refractivity contribution in [3.05, 3.63) is 41.3 Å². The molecule has 9 heteroatoms. The molecule has 1 unspecified atom stereocenters. The molecule has 0 amide bonds. The van der Waals surface area contributed by atoms with Crippen LogP contribution in [0.3, 0.4) is 0 Å². The molecule has 4 heterocycles. The maximum atomic E-state index is 9.29. The van der Waals surface area contributed by atoms with E-state index < -0.39 is 0 Å². The van der Waals surface area contributed by atoms with E-state index in [-0.39, 0.29) is 12.5 Å². The summed E-state index contributed by atoms with van der Waals surface area (Å²) < 4.78 is 12.9. The molecule has 2 aliphatic heterocycles. The standard InChI is InChI=1S/C28H38N6O3/c1-4-21(15-35)16-36-10-7-29-27-13-28(32-20(3)31-27)34-26-12-25(19(2)11-23(26)14-30-34)22-5-8-33(9-6-22)24-17-37-18-24/h7,11-14,21-22,24,35H,4-6,8-10,15-18H2,1-3H3/b29-7+. The summed E-state index contributed by atoms with van der Waals surface area (Å²) in [7, 11) is 0. The Hall–Kier alpha value is -2.72. The molecule has 1 aromatic carbocycles. The van der Waals surface area contributed by atoms with Gasteiger partial charge in [-0.05, 0) is 75.4 Å². The van der Waals surface area contributed by atoms with Crippen molar-refractivity contribution < 1.29 is 14.6 Å². The third kappa shape index (κ3) is 5.90. The average Bonchev–Trinajstić information content (AvgIpc) is 3.27. The van der Waals surface area contributed by atoms with E-state index in [1.54, 1.807) is 6.21 Å². The fourth-order valence-electron chi connectivity index (χ4n) is 5.27. The molecule has 5 rings (SSSR count). The summed E-state index contributed by atoms with van der Waals surface area (Å²) >= 11 is 0. The Kier molecular flexibility index (Phi) is 8.24. The van der Waals surface area contributed by atoms with Crippen molar-refractivity contribution >= 4 is 22.9 Å². The summed E-state index contributed by atoms with van der Waals surface area (Å²) in [6.07, 6.45) is 6.84. The Morgan fingerprint density at radius 3 is 2.70 bits per heavy atom. The van der Waals surface area contributed by atoms with E-state index in [9.17, 15) is 5.11 Å². The van der Waals surface area contributed by atoms with E-state index in [0.717, 1.165) is 43.6 Å². The van der Waals surface area contributed by atoms with E-state index >= 15 is 0 Å². The highest BCUT2D eigenvalue weighted by molar-refractivity contribution is 5.82. The van der Waals surface area contributed by atoms with E-state index in [1.165, 1.54) is 24.0 Å². The van der Waals surface area contributed by atoms with Crippen molar-refractivity contribution in [1.29, 1.82) is 0 Å². The van der Waals surface area contributed by atoms with Crippen LogP contribution in [-0.2, 0) is 9.47 Å². The van der Waals surface area contributed by atoms with Gasteiger partial charge < -0.3 is 14.6 Å². The maximum absolute atomic E-state index is 9.29. The van der Waals surface area contributed by atoms with Gasteiger partial charge in [0.05, 0.1) is 44.2 Å². The predicted octanol–water partition coefficient (Wildman–Crippen LogP) is 3.75. The van der Waals surface area contributed by atoms with E-state index in [1.807, 2.05) is 30.8 Å². The first-order valence-electron chi connectivity index (χ1n) is 13.4. The van der Waals surface area contributed by atoms with Gasteiger partial charge in [0, 0.05) is 30.2 Å². The minimum Gasteiger partial charge on any atom is -0.396 e. The van der Waals surface area contributed by atoms with Crippen LogP contribution in [0.25, 0.3) is 16.7 Å². The normalized spacial score (nSPS) is 18.6. The molecule has 1 atom stereocenters. The molecule has 37 heavy (non-hydrogen) atoms. The first kappa shape index (κ1) is 25.9. The lowest BCUT2D eigenvalue weighted by Gasteiger charge is -2.41. The molecule has 0 bridgehead atoms. The minimum absolute atomic E-state index is 0.135. The zero-order valence-electron chi connectivity index (χ0n) is 22.1. The van der Waals surface area contributed by atoms with E-state index in [2.05, 4.69) is 44.0 Å². The molecule has 0 radical (unpaired) electrons. The average molecular weight is 507 g/mol. The highest BCUT2D eigenvalue weighted by atomic mass is 16.5. The monoisotopic (exact) mass is 506 g/mol. The minimum atomic E-state index is 0.135. The molecule has 9 nitrogen and oxygen atoms in total. The molecule has 198 valence electrons. The second kappa shape index (κ2) is 11.8. The number of ether oxygens (including phenoxy) is 2. The number of rotatable bonds is 10. The Bertz CT molecular complexity index is 1230. The second-order valence-electron chi connectivity index (χ2n) is 10.3. The first-order chi connectivity index (χ1) is 18.1. The number of hydrogen-bond donors (Lipinski definition) is 1. The summed E-state index contributed by atoms with van der Waals surface area (Å²) in [5, 5.41) is 15.1. The number of benzene rings is 1. The quantitative estimate of drug-likeness (QED) is 0.330. The molecular formula is C28H38N6O3. The van der Waals surface area contributed by atoms with Gasteiger partial charge in [0.1, 0.15) is 5.82 Å². The Balaban J connectivity index is 1.33. The Morgan fingerprint density at radius 2 is 2.00 bits per heavy atom. The van der Waals surface area contributed by atoms with Gasteiger partial charge in [0.25, 0.3) is 0 Å². The van der Waals surface area contributed by atoms with Gasteiger partial charge in [-0.1, -0.05) is 6.92 Å². The molecule has 0 spiro atoms. The zero-order valence-corrected chi connectivity index (χ0v) is 22.1. The Labute approximate surface area is 218 Å². The van der Waals surface area contributed by atoms with Gasteiger partial charge in [-0.15, -0.1) is 0 Å². The van der Waals surface area contributed by atoms with Crippen LogP contribution in [0.1, 0.15) is 49.1 Å². The van der Waals surface area contributed by atoms with Crippen LogP contribution in [0.2, 0.25) is 0 Å². The van der Waals surface area contributed by atoms with Crippen molar-refractivity contribution in [2.45, 2.75) is 52.0 Å². The number of nitrogens with zero attached hydrogens (tertiary/aromatic N) is 6. The predicted molar refractivity (Wildman–Crippen MR) is 144 cm³/mol. The van der Waals surface area contributed by atoms with Gasteiger partial charge >= 0.3 is 0 Å². The first-order valence-corrected chi connectivity index (χ1v) is 13.4. The number of piperidine rings is 1. The number of aliphatic hydroxyl groups excluding tert-OH is 1. The number of fused-ring (bicyclic) bond motifs is 1.